The van der Waals surface area contributed by atoms with Crippen LogP contribution in [-0.4, -0.2) is 5.91 Å². The molecular formula is C14H10Br2FNO. The Kier molecular flexibility index (Phi) is 4.37. The molecule has 2 aromatic rings. The lowest BCUT2D eigenvalue weighted by Crippen LogP contribution is -2.12. The average molecular weight is 387 g/mol. The predicted molar refractivity (Wildman–Crippen MR) is 80.9 cm³/mol. The number of nitrogens with one attached hydrogen (secondary N) is 1. The minimum absolute atomic E-state index is 0.267. The van der Waals surface area contributed by atoms with E-state index >= 15 is 0 Å². The number of anilines is 1. The molecule has 0 aliphatic heterocycles. The number of hydrogen-bond acceptors (Lipinski definition) is 1. The van der Waals surface area contributed by atoms with Crippen LogP contribution in [0.5, 0.6) is 0 Å². The van der Waals surface area contributed by atoms with Gasteiger partial charge in [-0.2, -0.15) is 0 Å². The zero-order valence-corrected chi connectivity index (χ0v) is 13.2. The molecule has 0 spiro atoms. The van der Waals surface area contributed by atoms with Crippen LogP contribution < -0.4 is 5.32 Å². The SMILES string of the molecule is Cc1cccc(NC(=O)c2ccc(F)c(Br)c2)c1Br. The molecule has 0 atom stereocenters. The Morgan fingerprint density at radius 1 is 1.21 bits per heavy atom. The first-order chi connectivity index (χ1) is 8.99. The molecule has 1 N–H and O–H groups in total. The van der Waals surface area contributed by atoms with E-state index in [2.05, 4.69) is 37.2 Å². The number of halogens is 3. The maximum atomic E-state index is 13.1. The van der Waals surface area contributed by atoms with Gasteiger partial charge >= 0.3 is 0 Å². The van der Waals surface area contributed by atoms with Crippen LogP contribution in [0.1, 0.15) is 15.9 Å². The number of amides is 1. The van der Waals surface area contributed by atoms with Gasteiger partial charge in [-0.25, -0.2) is 4.39 Å². The maximum absolute atomic E-state index is 13.1. The fraction of sp³-hybridized carbons (Fsp3) is 0.0714. The summed E-state index contributed by atoms with van der Waals surface area (Å²) in [4.78, 5) is 12.1. The molecule has 0 heterocycles. The van der Waals surface area contributed by atoms with E-state index in [1.165, 1.54) is 18.2 Å². The Balaban J connectivity index is 2.26. The lowest BCUT2D eigenvalue weighted by atomic mass is 10.2. The molecule has 0 saturated carbocycles. The molecule has 98 valence electrons. The molecule has 1 amide bonds. The second kappa shape index (κ2) is 5.84. The largest absolute Gasteiger partial charge is 0.321 e. The lowest BCUT2D eigenvalue weighted by Gasteiger charge is -2.09. The van der Waals surface area contributed by atoms with Crippen LogP contribution >= 0.6 is 31.9 Å². The van der Waals surface area contributed by atoms with Crippen molar-refractivity contribution in [3.63, 3.8) is 0 Å². The minimum Gasteiger partial charge on any atom is -0.321 e. The summed E-state index contributed by atoms with van der Waals surface area (Å²) in [5.74, 6) is -0.680. The van der Waals surface area contributed by atoms with Gasteiger partial charge in [0.25, 0.3) is 5.91 Å². The first kappa shape index (κ1) is 14.2. The molecule has 0 radical (unpaired) electrons. The number of aryl methyl sites for hydroxylation is 1. The number of carbonyl (C=O) groups excluding carboxylic acids is 1. The zero-order chi connectivity index (χ0) is 14.0. The van der Waals surface area contributed by atoms with Gasteiger partial charge in [-0.1, -0.05) is 12.1 Å². The molecule has 5 heteroatoms. The summed E-state index contributed by atoms with van der Waals surface area (Å²) in [6.45, 7) is 1.94. The molecule has 2 aromatic carbocycles. The highest BCUT2D eigenvalue weighted by atomic mass is 79.9. The van der Waals surface area contributed by atoms with Gasteiger partial charge in [-0.15, -0.1) is 0 Å². The van der Waals surface area contributed by atoms with Crippen LogP contribution in [0.2, 0.25) is 0 Å². The molecular weight excluding hydrogens is 377 g/mol. The van der Waals surface area contributed by atoms with Gasteiger partial charge in [0, 0.05) is 10.0 Å². The molecule has 0 unspecified atom stereocenters. The van der Waals surface area contributed by atoms with Crippen LogP contribution in [0.4, 0.5) is 10.1 Å². The molecule has 0 fully saturated rings. The smallest absolute Gasteiger partial charge is 0.255 e. The Morgan fingerprint density at radius 2 is 1.95 bits per heavy atom. The van der Waals surface area contributed by atoms with Crippen LogP contribution in [-0.2, 0) is 0 Å². The van der Waals surface area contributed by atoms with E-state index in [0.29, 0.717) is 11.3 Å². The fourth-order valence-corrected chi connectivity index (χ4v) is 2.32. The van der Waals surface area contributed by atoms with E-state index in [4.69, 9.17) is 0 Å². The van der Waals surface area contributed by atoms with E-state index in [-0.39, 0.29) is 10.4 Å². The predicted octanol–water partition coefficient (Wildman–Crippen LogP) is 4.91. The zero-order valence-electron chi connectivity index (χ0n) is 10.0. The third kappa shape index (κ3) is 3.22. The van der Waals surface area contributed by atoms with Crippen LogP contribution in [0.25, 0.3) is 0 Å². The van der Waals surface area contributed by atoms with Gasteiger partial charge in [0.15, 0.2) is 0 Å². The highest BCUT2D eigenvalue weighted by Gasteiger charge is 2.11. The molecule has 2 nitrogen and oxygen atoms in total. The summed E-state index contributed by atoms with van der Waals surface area (Å²) in [7, 11) is 0. The van der Waals surface area contributed by atoms with E-state index in [1.54, 1.807) is 6.07 Å². The van der Waals surface area contributed by atoms with E-state index in [0.717, 1.165) is 10.0 Å². The van der Waals surface area contributed by atoms with Crippen molar-refractivity contribution >= 4 is 43.5 Å². The molecule has 19 heavy (non-hydrogen) atoms. The van der Waals surface area contributed by atoms with Crippen LogP contribution in [0.15, 0.2) is 45.3 Å². The molecule has 0 aromatic heterocycles. The van der Waals surface area contributed by atoms with Gasteiger partial charge < -0.3 is 5.32 Å². The standard InChI is InChI=1S/C14H10Br2FNO/c1-8-3-2-4-12(13(8)16)18-14(19)9-5-6-11(17)10(15)7-9/h2-7H,1H3,(H,18,19). The van der Waals surface area contributed by atoms with Crippen molar-refractivity contribution in [1.29, 1.82) is 0 Å². The quantitative estimate of drug-likeness (QED) is 0.780. The van der Waals surface area contributed by atoms with Crippen molar-refractivity contribution in [2.45, 2.75) is 6.92 Å². The van der Waals surface area contributed by atoms with E-state index < -0.39 is 5.82 Å². The lowest BCUT2D eigenvalue weighted by molar-refractivity contribution is 0.102. The van der Waals surface area contributed by atoms with Crippen molar-refractivity contribution < 1.29 is 9.18 Å². The Bertz CT molecular complexity index is 643. The second-order valence-corrected chi connectivity index (χ2v) is 5.67. The summed E-state index contributed by atoms with van der Waals surface area (Å²) in [5.41, 5.74) is 2.10. The van der Waals surface area contributed by atoms with Crippen molar-refractivity contribution in [2.24, 2.45) is 0 Å². The molecule has 0 aliphatic carbocycles. The molecule has 0 bridgehead atoms. The van der Waals surface area contributed by atoms with Crippen molar-refractivity contribution in [3.8, 4) is 0 Å². The van der Waals surface area contributed by atoms with Crippen molar-refractivity contribution in [3.05, 3.63) is 62.3 Å². The van der Waals surface area contributed by atoms with Gasteiger partial charge in [-0.3, -0.25) is 4.79 Å². The third-order valence-electron chi connectivity index (χ3n) is 2.62. The van der Waals surface area contributed by atoms with Crippen molar-refractivity contribution in [2.75, 3.05) is 5.32 Å². The Labute approximate surface area is 127 Å². The molecule has 0 aliphatic rings. The summed E-state index contributed by atoms with van der Waals surface area (Å²) in [6.07, 6.45) is 0. The molecule has 2 rings (SSSR count). The third-order valence-corrected chi connectivity index (χ3v) is 4.28. The van der Waals surface area contributed by atoms with Gasteiger partial charge in [0.05, 0.1) is 10.2 Å². The fourth-order valence-electron chi connectivity index (χ4n) is 1.58. The summed E-state index contributed by atoms with van der Waals surface area (Å²) >= 11 is 6.48. The maximum Gasteiger partial charge on any atom is 0.255 e. The summed E-state index contributed by atoms with van der Waals surface area (Å²) < 4.78 is 14.2. The topological polar surface area (TPSA) is 29.1 Å². The van der Waals surface area contributed by atoms with E-state index in [1.807, 2.05) is 19.1 Å². The van der Waals surface area contributed by atoms with Gasteiger partial charge in [0.2, 0.25) is 0 Å². The van der Waals surface area contributed by atoms with E-state index in [9.17, 15) is 9.18 Å². The van der Waals surface area contributed by atoms with Gasteiger partial charge in [0.1, 0.15) is 5.82 Å². The second-order valence-electron chi connectivity index (χ2n) is 4.02. The average Bonchev–Trinajstić information content (AvgIpc) is 2.38. The first-order valence-electron chi connectivity index (χ1n) is 5.50. The normalized spacial score (nSPS) is 10.3. The van der Waals surface area contributed by atoms with Crippen molar-refractivity contribution in [1.82, 2.24) is 0 Å². The molecule has 0 saturated heterocycles. The van der Waals surface area contributed by atoms with Crippen LogP contribution in [0.3, 0.4) is 0 Å². The number of hydrogen-bond donors (Lipinski definition) is 1. The first-order valence-corrected chi connectivity index (χ1v) is 7.09. The highest BCUT2D eigenvalue weighted by Crippen LogP contribution is 2.26. The number of carbonyl (C=O) groups is 1. The number of benzene rings is 2. The van der Waals surface area contributed by atoms with Gasteiger partial charge in [-0.05, 0) is 68.6 Å². The minimum atomic E-state index is -0.395. The van der Waals surface area contributed by atoms with Crippen LogP contribution in [0, 0.1) is 12.7 Å². The highest BCUT2D eigenvalue weighted by molar-refractivity contribution is 9.11. The Morgan fingerprint density at radius 3 is 2.63 bits per heavy atom. The Hall–Kier alpha value is -1.20. The summed E-state index contributed by atoms with van der Waals surface area (Å²) in [5, 5.41) is 2.78. The number of rotatable bonds is 2. The monoisotopic (exact) mass is 385 g/mol. The summed E-state index contributed by atoms with van der Waals surface area (Å²) in [6, 6.07) is 9.75.